The second-order valence-electron chi connectivity index (χ2n) is 8.79. The fourth-order valence-electron chi connectivity index (χ4n) is 3.61. The smallest absolute Gasteiger partial charge is 0.351 e. The van der Waals surface area contributed by atoms with E-state index in [1.165, 1.54) is 12.2 Å². The zero-order valence-corrected chi connectivity index (χ0v) is 22.5. The molecule has 206 valence electrons. The summed E-state index contributed by atoms with van der Waals surface area (Å²) >= 11 is 0. The van der Waals surface area contributed by atoms with E-state index in [-0.39, 0.29) is 28.3 Å². The van der Waals surface area contributed by atoms with Crippen LogP contribution >= 0.6 is 0 Å². The number of aromatic nitrogens is 1. The van der Waals surface area contributed by atoms with Crippen molar-refractivity contribution in [3.63, 3.8) is 0 Å². The van der Waals surface area contributed by atoms with E-state index in [0.717, 1.165) is 30.3 Å². The first-order valence-electron chi connectivity index (χ1n) is 12.1. The summed E-state index contributed by atoms with van der Waals surface area (Å²) in [7, 11) is 1.85. The Bertz CT molecular complexity index is 1430. The number of allylic oxidation sites excluding steroid dienone is 9. The van der Waals surface area contributed by atoms with Crippen LogP contribution in [0.15, 0.2) is 88.5 Å². The second-order valence-corrected chi connectivity index (χ2v) is 8.79. The number of nitriles is 1. The zero-order valence-electron chi connectivity index (χ0n) is 22.5. The highest BCUT2D eigenvalue weighted by atomic mass is 19.3. The molecule has 0 bridgehead atoms. The molecule has 0 radical (unpaired) electrons. The Balaban J connectivity index is 2.87. The Morgan fingerprint density at radius 3 is 2.56 bits per heavy atom. The predicted octanol–water partition coefficient (Wildman–Crippen LogP) is 5.00. The van der Waals surface area contributed by atoms with Gasteiger partial charge in [0, 0.05) is 36.6 Å². The fraction of sp³-hybridized carbons (Fsp3) is 0.310. The Morgan fingerprint density at radius 2 is 1.92 bits per heavy atom. The summed E-state index contributed by atoms with van der Waals surface area (Å²) in [5.41, 5.74) is 4.46. The maximum Gasteiger partial charge on any atom is 0.353 e. The number of fused-ring (bicyclic) bond motifs is 1. The maximum absolute atomic E-state index is 13.8. The highest BCUT2D eigenvalue weighted by Crippen LogP contribution is 2.23. The van der Waals surface area contributed by atoms with Gasteiger partial charge in [0.15, 0.2) is 5.78 Å². The van der Waals surface area contributed by atoms with Crippen LogP contribution in [0.5, 0.6) is 0 Å². The summed E-state index contributed by atoms with van der Waals surface area (Å²) in [6.07, 6.45) is 9.42. The van der Waals surface area contributed by atoms with Crippen molar-refractivity contribution in [3.8, 4) is 6.07 Å². The lowest BCUT2D eigenvalue weighted by atomic mass is 9.99. The number of nitrogens with one attached hydrogen (secondary N) is 1. The van der Waals surface area contributed by atoms with E-state index in [1.54, 1.807) is 37.4 Å². The van der Waals surface area contributed by atoms with Gasteiger partial charge in [-0.05, 0) is 75.7 Å². The van der Waals surface area contributed by atoms with Crippen molar-refractivity contribution in [1.82, 2.24) is 15.3 Å². The molecule has 0 fully saturated rings. The Hall–Kier alpha value is -4.26. The molecule has 0 unspecified atom stereocenters. The summed E-state index contributed by atoms with van der Waals surface area (Å²) in [5.74, 6) is -4.17. The molecule has 0 saturated carbocycles. The molecule has 39 heavy (non-hydrogen) atoms. The van der Waals surface area contributed by atoms with Gasteiger partial charge < -0.3 is 4.90 Å². The number of pyridine rings is 1. The molecule has 1 aromatic heterocycles. The molecule has 0 amide bonds. The number of carbonyl (C=O) groups excluding carboxylic acids is 1. The molecular weight excluding hydrogens is 510 g/mol. The van der Waals surface area contributed by atoms with Gasteiger partial charge in [-0.25, -0.2) is 8.78 Å². The normalized spacial score (nSPS) is 21.3. The van der Waals surface area contributed by atoms with Gasteiger partial charge in [-0.2, -0.15) is 19.1 Å². The molecule has 10 heteroatoms. The summed E-state index contributed by atoms with van der Waals surface area (Å²) in [6, 6.07) is 4.04. The van der Waals surface area contributed by atoms with Gasteiger partial charge in [0.25, 0.3) is 0 Å². The van der Waals surface area contributed by atoms with Crippen LogP contribution in [0.3, 0.4) is 0 Å². The van der Waals surface area contributed by atoms with Crippen LogP contribution in [0.2, 0.25) is 0 Å². The minimum Gasteiger partial charge on any atom is -0.351 e. The minimum atomic E-state index is -3.68. The van der Waals surface area contributed by atoms with E-state index >= 15 is 0 Å². The van der Waals surface area contributed by atoms with Crippen LogP contribution < -0.4 is 16.1 Å². The number of hydrogen-bond acceptors (Lipinski definition) is 6. The van der Waals surface area contributed by atoms with Gasteiger partial charge in [0.2, 0.25) is 6.43 Å². The molecule has 2 rings (SSSR count). The summed E-state index contributed by atoms with van der Waals surface area (Å²) in [5, 5.41) is 13.4. The number of carbonyl (C=O) groups is 1. The second kappa shape index (κ2) is 14.0. The fourth-order valence-corrected chi connectivity index (χ4v) is 3.61. The molecule has 6 nitrogen and oxygen atoms in total. The van der Waals surface area contributed by atoms with Crippen molar-refractivity contribution in [2.75, 3.05) is 7.05 Å². The Morgan fingerprint density at radius 1 is 1.21 bits per heavy atom. The molecule has 0 aliphatic carbocycles. The van der Waals surface area contributed by atoms with E-state index in [0.29, 0.717) is 5.69 Å². The lowest BCUT2D eigenvalue weighted by Gasteiger charge is -2.17. The average molecular weight is 542 g/mol. The largest absolute Gasteiger partial charge is 0.353 e. The van der Waals surface area contributed by atoms with E-state index in [9.17, 15) is 22.4 Å². The molecular formula is C29H31F4N5O. The monoisotopic (exact) mass is 541 g/mol. The third kappa shape index (κ3) is 8.64. The number of alkyl halides is 4. The molecule has 0 aromatic carbocycles. The quantitative estimate of drug-likeness (QED) is 0.370. The molecule has 1 aromatic rings. The Labute approximate surface area is 225 Å². The van der Waals surface area contributed by atoms with Gasteiger partial charge in [0.05, 0.1) is 5.57 Å². The summed E-state index contributed by atoms with van der Waals surface area (Å²) in [6.45, 7) is 6.34. The van der Waals surface area contributed by atoms with Crippen molar-refractivity contribution in [3.05, 3.63) is 99.8 Å². The highest BCUT2D eigenvalue weighted by Gasteiger charge is 2.30. The molecule has 2 heterocycles. The van der Waals surface area contributed by atoms with Gasteiger partial charge in [0.1, 0.15) is 16.8 Å². The molecule has 0 saturated heterocycles. The number of likely N-dealkylation sites (N-methyl/N-ethyl adjacent to an activating group) is 1. The standard InChI is InChI=1S/C29H31F4N5O/c1-6-17-38(5)24-15-16-35-37-23-12-10-22(11-14-26(30)31)36-28(23)27(25(39)13-8-19(24)2)20(3)7-9-21(4)29(32,33)18-34/h6-10,12-13,15-17,26,35H,11,14H2,1-5H3/b13-8-,16-15+,17-6-,20-7+,21-9+,24-19+,28-27+,37-23-. The number of rotatable bonds is 8. The number of aryl methyl sites for hydroxylation is 1. The van der Waals surface area contributed by atoms with E-state index in [1.807, 2.05) is 38.1 Å². The van der Waals surface area contributed by atoms with Crippen LogP contribution in [0.25, 0.3) is 5.57 Å². The lowest BCUT2D eigenvalue weighted by molar-refractivity contribution is -0.109. The van der Waals surface area contributed by atoms with Crippen molar-refractivity contribution in [1.29, 1.82) is 5.26 Å². The van der Waals surface area contributed by atoms with Crippen LogP contribution in [-0.2, 0) is 11.2 Å². The third-order valence-corrected chi connectivity index (χ3v) is 5.79. The van der Waals surface area contributed by atoms with Crippen LogP contribution in [0.1, 0.15) is 39.8 Å². The summed E-state index contributed by atoms with van der Waals surface area (Å²) < 4.78 is 53.3. The van der Waals surface area contributed by atoms with Crippen LogP contribution in [-0.4, -0.2) is 35.1 Å². The topological polar surface area (TPSA) is 81.4 Å². The van der Waals surface area contributed by atoms with Gasteiger partial charge in [-0.15, -0.1) is 0 Å². The summed E-state index contributed by atoms with van der Waals surface area (Å²) in [4.78, 5) is 19.9. The number of nitrogens with zero attached hydrogens (tertiary/aromatic N) is 4. The minimum absolute atomic E-state index is 0.0335. The molecule has 0 spiro atoms. The van der Waals surface area contributed by atoms with Gasteiger partial charge in [-0.3, -0.25) is 15.2 Å². The van der Waals surface area contributed by atoms with E-state index in [2.05, 4.69) is 15.5 Å². The first-order valence-corrected chi connectivity index (χ1v) is 12.1. The van der Waals surface area contributed by atoms with Crippen molar-refractivity contribution in [2.24, 2.45) is 5.10 Å². The third-order valence-electron chi connectivity index (χ3n) is 5.79. The highest BCUT2D eigenvalue weighted by molar-refractivity contribution is 6.25. The number of ketones is 1. The molecule has 1 aliphatic heterocycles. The van der Waals surface area contributed by atoms with Crippen molar-refractivity contribution < 1.29 is 22.4 Å². The molecule has 1 aliphatic rings. The Kier molecular flexibility index (Phi) is 11.2. The van der Waals surface area contributed by atoms with E-state index in [4.69, 9.17) is 5.26 Å². The van der Waals surface area contributed by atoms with Crippen molar-refractivity contribution >= 4 is 11.4 Å². The first kappa shape index (κ1) is 31.0. The van der Waals surface area contributed by atoms with Crippen LogP contribution in [0.4, 0.5) is 17.6 Å². The van der Waals surface area contributed by atoms with Crippen LogP contribution in [0, 0.1) is 11.3 Å². The lowest BCUT2D eigenvalue weighted by Crippen LogP contribution is -2.35. The average Bonchev–Trinajstić information content (AvgIpc) is 2.89. The van der Waals surface area contributed by atoms with Gasteiger partial charge >= 0.3 is 5.92 Å². The van der Waals surface area contributed by atoms with E-state index < -0.39 is 30.1 Å². The van der Waals surface area contributed by atoms with Gasteiger partial charge in [-0.1, -0.05) is 24.3 Å². The number of halogens is 4. The maximum atomic E-state index is 13.8. The number of hydrogen-bond donors (Lipinski definition) is 1. The first-order chi connectivity index (χ1) is 18.4. The SMILES string of the molecule is C/C=C\N(C)C1=C(C)/C=C\C(=O)C(/C(C)=C/C=C(\C)C(F)(F)C#N)=c2/nc(CCC(F)F)cc/c2=N/N\C=C\1. The molecule has 0 atom stereocenters. The molecule has 1 N–H and O–H groups in total. The predicted molar refractivity (Wildman–Crippen MR) is 143 cm³/mol. The zero-order chi connectivity index (χ0) is 29.2. The van der Waals surface area contributed by atoms with Crippen molar-refractivity contribution in [2.45, 2.75) is 52.9 Å².